The molecule has 36 heavy (non-hydrogen) atoms. The molecule has 2 heterocycles. The number of sulfone groups is 1. The van der Waals surface area contributed by atoms with Crippen LogP contribution in [0.4, 0.5) is 19.0 Å². The van der Waals surface area contributed by atoms with Gasteiger partial charge in [0, 0.05) is 43.0 Å². The van der Waals surface area contributed by atoms with E-state index in [4.69, 9.17) is 9.47 Å². The third-order valence-corrected chi connectivity index (χ3v) is 6.71. The summed E-state index contributed by atoms with van der Waals surface area (Å²) in [7, 11) is -1.62. The SMILES string of the molecule is Cn1nc(NC(=O)c2cc(C(F)(F)F)ccc2OCCS(C)(=O)=O)c(C[C@H]2CCCO2)c1C(C)(C)C. The predicted molar refractivity (Wildman–Crippen MR) is 129 cm³/mol. The van der Waals surface area contributed by atoms with Crippen LogP contribution >= 0.6 is 0 Å². The van der Waals surface area contributed by atoms with Crippen molar-refractivity contribution in [1.82, 2.24) is 9.78 Å². The number of benzene rings is 1. The Morgan fingerprint density at radius 2 is 1.97 bits per heavy atom. The Kier molecular flexibility index (Phi) is 8.09. The first-order chi connectivity index (χ1) is 16.6. The van der Waals surface area contributed by atoms with Crippen LogP contribution in [0.3, 0.4) is 0 Å². The molecule has 0 unspecified atom stereocenters. The number of hydrogen-bond donors (Lipinski definition) is 1. The monoisotopic (exact) mass is 531 g/mol. The number of amides is 1. The summed E-state index contributed by atoms with van der Waals surface area (Å²) in [6.07, 6.45) is -1.44. The highest BCUT2D eigenvalue weighted by atomic mass is 32.2. The van der Waals surface area contributed by atoms with Crippen molar-refractivity contribution >= 4 is 21.6 Å². The summed E-state index contributed by atoms with van der Waals surface area (Å²) in [4.78, 5) is 13.3. The minimum absolute atomic E-state index is 0.0469. The molecule has 1 aliphatic heterocycles. The summed E-state index contributed by atoms with van der Waals surface area (Å²) < 4.78 is 75.9. The molecule has 3 rings (SSSR count). The van der Waals surface area contributed by atoms with Gasteiger partial charge in [-0.2, -0.15) is 18.3 Å². The zero-order chi connectivity index (χ0) is 26.9. The van der Waals surface area contributed by atoms with Crippen LogP contribution in [0.2, 0.25) is 0 Å². The fourth-order valence-electron chi connectivity index (χ4n) is 4.32. The highest BCUT2D eigenvalue weighted by Gasteiger charge is 2.33. The first kappa shape index (κ1) is 28.0. The summed E-state index contributed by atoms with van der Waals surface area (Å²) in [6.45, 7) is 6.36. The van der Waals surface area contributed by atoms with Crippen molar-refractivity contribution in [2.75, 3.05) is 30.5 Å². The number of carbonyl (C=O) groups is 1. The smallest absolute Gasteiger partial charge is 0.416 e. The normalized spacial score (nSPS) is 16.8. The lowest BCUT2D eigenvalue weighted by atomic mass is 9.87. The summed E-state index contributed by atoms with van der Waals surface area (Å²) >= 11 is 0. The molecule has 0 spiro atoms. The number of halogens is 3. The van der Waals surface area contributed by atoms with Crippen LogP contribution in [0.15, 0.2) is 18.2 Å². The first-order valence-corrected chi connectivity index (χ1v) is 13.6. The Balaban J connectivity index is 1.98. The van der Waals surface area contributed by atoms with Gasteiger partial charge in [-0.25, -0.2) is 8.42 Å². The zero-order valence-corrected chi connectivity index (χ0v) is 21.8. The predicted octanol–water partition coefficient (Wildman–Crippen LogP) is 4.13. The molecule has 0 saturated carbocycles. The fourth-order valence-corrected chi connectivity index (χ4v) is 4.71. The molecule has 12 heteroatoms. The number of anilines is 1. The topological polar surface area (TPSA) is 99.5 Å². The van der Waals surface area contributed by atoms with E-state index in [2.05, 4.69) is 10.4 Å². The number of hydrogen-bond acceptors (Lipinski definition) is 6. The molecule has 1 fully saturated rings. The lowest BCUT2D eigenvalue weighted by molar-refractivity contribution is -0.137. The molecule has 0 bridgehead atoms. The van der Waals surface area contributed by atoms with E-state index in [0.717, 1.165) is 42.5 Å². The Bertz CT molecular complexity index is 1210. The molecule has 8 nitrogen and oxygen atoms in total. The molecule has 1 atom stereocenters. The quantitative estimate of drug-likeness (QED) is 0.550. The third kappa shape index (κ3) is 7.00. The van der Waals surface area contributed by atoms with Crippen molar-refractivity contribution in [3.8, 4) is 5.75 Å². The van der Waals surface area contributed by atoms with Crippen LogP contribution in [0.25, 0.3) is 0 Å². The number of nitrogens with zero attached hydrogens (tertiary/aromatic N) is 2. The van der Waals surface area contributed by atoms with Gasteiger partial charge in [-0.3, -0.25) is 9.48 Å². The average molecular weight is 532 g/mol. The highest BCUT2D eigenvalue weighted by molar-refractivity contribution is 7.90. The highest BCUT2D eigenvalue weighted by Crippen LogP contribution is 2.35. The number of alkyl halides is 3. The van der Waals surface area contributed by atoms with Crippen LogP contribution in [-0.4, -0.2) is 55.4 Å². The second-order valence-corrected chi connectivity index (χ2v) is 12.3. The van der Waals surface area contributed by atoms with Crippen molar-refractivity contribution in [2.45, 2.75) is 57.7 Å². The molecule has 1 N–H and O–H groups in total. The van der Waals surface area contributed by atoms with Crippen LogP contribution in [0, 0.1) is 0 Å². The van der Waals surface area contributed by atoms with Crippen molar-refractivity contribution in [2.24, 2.45) is 7.05 Å². The number of nitrogens with one attached hydrogen (secondary N) is 1. The van der Waals surface area contributed by atoms with Gasteiger partial charge in [-0.05, 0) is 31.0 Å². The Morgan fingerprint density at radius 3 is 2.53 bits per heavy atom. The molecule has 1 saturated heterocycles. The van der Waals surface area contributed by atoms with Crippen molar-refractivity contribution in [3.63, 3.8) is 0 Å². The van der Waals surface area contributed by atoms with Gasteiger partial charge in [0.15, 0.2) is 15.7 Å². The van der Waals surface area contributed by atoms with Gasteiger partial charge in [0.05, 0.1) is 23.0 Å². The van der Waals surface area contributed by atoms with Crippen molar-refractivity contribution < 1.29 is 35.9 Å². The molecule has 0 radical (unpaired) electrons. The van der Waals surface area contributed by atoms with Gasteiger partial charge in [0.2, 0.25) is 0 Å². The van der Waals surface area contributed by atoms with Crippen LogP contribution in [0.1, 0.15) is 60.8 Å². The second kappa shape index (κ2) is 10.4. The van der Waals surface area contributed by atoms with E-state index in [-0.39, 0.29) is 41.0 Å². The van der Waals surface area contributed by atoms with Gasteiger partial charge in [-0.15, -0.1) is 0 Å². The van der Waals surface area contributed by atoms with E-state index in [1.165, 1.54) is 0 Å². The molecule has 1 aromatic heterocycles. The number of aryl methyl sites for hydroxylation is 1. The Hall–Kier alpha value is -2.60. The van der Waals surface area contributed by atoms with E-state index < -0.39 is 27.5 Å². The maximum Gasteiger partial charge on any atom is 0.416 e. The van der Waals surface area contributed by atoms with Gasteiger partial charge < -0.3 is 14.8 Å². The molecule has 0 aliphatic carbocycles. The maximum atomic E-state index is 13.4. The number of ether oxygens (including phenoxy) is 2. The maximum absolute atomic E-state index is 13.4. The number of rotatable bonds is 8. The van der Waals surface area contributed by atoms with Crippen molar-refractivity contribution in [1.29, 1.82) is 0 Å². The van der Waals surface area contributed by atoms with E-state index in [9.17, 15) is 26.4 Å². The molecule has 1 amide bonds. The molecule has 200 valence electrons. The van der Waals surface area contributed by atoms with E-state index in [0.29, 0.717) is 19.1 Å². The molecular formula is C24H32F3N3O5S. The average Bonchev–Trinajstić information content (AvgIpc) is 3.34. The largest absolute Gasteiger partial charge is 0.492 e. The first-order valence-electron chi connectivity index (χ1n) is 11.6. The van der Waals surface area contributed by atoms with Crippen LogP contribution < -0.4 is 10.1 Å². The number of carbonyl (C=O) groups excluding carboxylic acids is 1. The van der Waals surface area contributed by atoms with Crippen LogP contribution in [-0.2, 0) is 39.6 Å². The zero-order valence-electron chi connectivity index (χ0n) is 21.0. The lowest BCUT2D eigenvalue weighted by Crippen LogP contribution is -2.22. The Morgan fingerprint density at radius 1 is 1.28 bits per heavy atom. The van der Waals surface area contributed by atoms with Gasteiger partial charge >= 0.3 is 6.18 Å². The minimum atomic E-state index is -4.68. The van der Waals surface area contributed by atoms with Crippen molar-refractivity contribution in [3.05, 3.63) is 40.6 Å². The number of aromatic nitrogens is 2. The summed E-state index contributed by atoms with van der Waals surface area (Å²) in [5.74, 6) is -1.11. The minimum Gasteiger partial charge on any atom is -0.492 e. The van der Waals surface area contributed by atoms with Gasteiger partial charge in [0.1, 0.15) is 12.4 Å². The molecular weight excluding hydrogens is 499 g/mol. The third-order valence-electron chi connectivity index (χ3n) is 5.81. The summed E-state index contributed by atoms with van der Waals surface area (Å²) in [6, 6.07) is 2.50. The second-order valence-electron chi connectivity index (χ2n) is 10.0. The van der Waals surface area contributed by atoms with Gasteiger partial charge in [-0.1, -0.05) is 20.8 Å². The van der Waals surface area contributed by atoms with Gasteiger partial charge in [0.25, 0.3) is 5.91 Å². The standard InChI is InChI=1S/C24H32F3N3O5S/c1-23(2,3)20-18(14-16-7-6-10-34-16)21(29-30(20)4)28-22(31)17-13-15(24(25,26)27)8-9-19(17)35-11-12-36(5,32)33/h8-9,13,16H,6-7,10-12,14H2,1-5H3,(H,28,29,31)/t16-/m1/s1. The molecule has 2 aromatic rings. The Labute approximate surface area is 209 Å². The molecule has 1 aliphatic rings. The van der Waals surface area contributed by atoms with Crippen LogP contribution in [0.5, 0.6) is 5.75 Å². The lowest BCUT2D eigenvalue weighted by Gasteiger charge is -2.22. The fraction of sp³-hybridized carbons (Fsp3) is 0.583. The summed E-state index contributed by atoms with van der Waals surface area (Å²) in [5, 5.41) is 7.13. The molecule has 1 aromatic carbocycles. The van der Waals surface area contributed by atoms with E-state index >= 15 is 0 Å². The summed E-state index contributed by atoms with van der Waals surface area (Å²) in [5.41, 5.74) is -0.0865. The van der Waals surface area contributed by atoms with E-state index in [1.807, 2.05) is 20.8 Å². The van der Waals surface area contributed by atoms with E-state index in [1.54, 1.807) is 11.7 Å².